The Labute approximate surface area is 303 Å². The Morgan fingerprint density at radius 3 is 2.10 bits per heavy atom. The van der Waals surface area contributed by atoms with Gasteiger partial charge in [-0.1, -0.05) is 90.1 Å². The molecule has 4 aromatic rings. The van der Waals surface area contributed by atoms with Gasteiger partial charge in [0.1, 0.15) is 18.1 Å². The lowest BCUT2D eigenvalue weighted by atomic mass is 10.00. The first-order chi connectivity index (χ1) is 23.8. The Balaban J connectivity index is 1.57. The summed E-state index contributed by atoms with van der Waals surface area (Å²) in [4.78, 5) is 40.7. The zero-order chi connectivity index (χ0) is 37.4. The van der Waals surface area contributed by atoms with Crippen molar-refractivity contribution in [3.63, 3.8) is 0 Å². The van der Waals surface area contributed by atoms with Crippen molar-refractivity contribution in [2.45, 2.75) is 109 Å². The largest absolute Gasteiger partial charge is 0.413 e. The van der Waals surface area contributed by atoms with Crippen LogP contribution in [0.25, 0.3) is 11.2 Å². The number of carbonyl (C=O) groups is 2. The second-order valence-electron chi connectivity index (χ2n) is 16.3. The number of hydrogen-bond donors (Lipinski definition) is 1. The SMILES string of the molecule is CC(C)(C)[Si](C)(C)OC[C@]1(C#N)O[C@H](n2cnc3c(NC(=O)c4ccccc4)nc(CC(=O)c4ccccc4)nc32)C[C@H]1O[Si](C)(C)C(C)(C)C. The van der Waals surface area contributed by atoms with Crippen LogP contribution in [-0.4, -0.2) is 66.2 Å². The van der Waals surface area contributed by atoms with E-state index < -0.39 is 34.6 Å². The van der Waals surface area contributed by atoms with E-state index in [-0.39, 0.29) is 46.4 Å². The summed E-state index contributed by atoms with van der Waals surface area (Å²) < 4.78 is 22.1. The summed E-state index contributed by atoms with van der Waals surface area (Å²) in [7, 11) is -4.67. The summed E-state index contributed by atoms with van der Waals surface area (Å²) >= 11 is 0. The lowest BCUT2D eigenvalue weighted by Gasteiger charge is -2.42. The summed E-state index contributed by atoms with van der Waals surface area (Å²) in [6.45, 7) is 21.6. The molecular weight excluding hydrogens is 677 g/mol. The van der Waals surface area contributed by atoms with E-state index in [1.54, 1.807) is 59.4 Å². The van der Waals surface area contributed by atoms with Gasteiger partial charge in [0.05, 0.1) is 25.5 Å². The minimum absolute atomic E-state index is 0.0482. The number of rotatable bonds is 11. The fraction of sp³-hybridized carbons (Fsp3) is 0.474. The first-order valence-electron chi connectivity index (χ1n) is 17.4. The van der Waals surface area contributed by atoms with Crippen molar-refractivity contribution in [2.75, 3.05) is 11.9 Å². The number of fused-ring (bicyclic) bond motifs is 1. The van der Waals surface area contributed by atoms with E-state index in [1.165, 1.54) is 0 Å². The van der Waals surface area contributed by atoms with E-state index in [2.05, 4.69) is 89.1 Å². The Morgan fingerprint density at radius 2 is 1.53 bits per heavy atom. The summed E-state index contributed by atoms with van der Waals surface area (Å²) in [5.41, 5.74) is 0.244. The number of aromatic nitrogens is 4. The molecule has 0 radical (unpaired) electrons. The van der Waals surface area contributed by atoms with Gasteiger partial charge in [0.25, 0.3) is 5.91 Å². The zero-order valence-corrected chi connectivity index (χ0v) is 33.4. The third-order valence-electron chi connectivity index (χ3n) is 10.6. The summed E-state index contributed by atoms with van der Waals surface area (Å²) in [5.74, 6) is -0.172. The van der Waals surface area contributed by atoms with Crippen LogP contribution in [0.2, 0.25) is 36.3 Å². The van der Waals surface area contributed by atoms with E-state index in [1.807, 2.05) is 12.1 Å². The van der Waals surface area contributed by atoms with Gasteiger partial charge in [-0.05, 0) is 48.4 Å². The van der Waals surface area contributed by atoms with Crippen LogP contribution in [-0.2, 0) is 20.0 Å². The minimum Gasteiger partial charge on any atom is -0.413 e. The number of ether oxygens (including phenoxy) is 1. The number of hydrogen-bond acceptors (Lipinski definition) is 9. The Kier molecular flexibility index (Phi) is 10.6. The maximum atomic E-state index is 13.3. The molecule has 1 aliphatic rings. The number of ketones is 1. The van der Waals surface area contributed by atoms with Crippen LogP contribution in [0.15, 0.2) is 67.0 Å². The molecule has 2 aromatic heterocycles. The average Bonchev–Trinajstić information content (AvgIpc) is 3.65. The van der Waals surface area contributed by atoms with E-state index >= 15 is 0 Å². The van der Waals surface area contributed by atoms with Gasteiger partial charge in [-0.25, -0.2) is 15.0 Å². The number of nitrogens with one attached hydrogen (secondary N) is 1. The average molecular weight is 727 g/mol. The normalized spacial score (nSPS) is 19.9. The molecule has 1 saturated heterocycles. The number of benzene rings is 2. The molecule has 3 heterocycles. The molecule has 0 aliphatic carbocycles. The summed E-state index contributed by atoms with van der Waals surface area (Å²) in [6, 6.07) is 20.2. The fourth-order valence-corrected chi connectivity index (χ4v) is 7.69. The van der Waals surface area contributed by atoms with Crippen molar-refractivity contribution in [3.05, 3.63) is 83.9 Å². The number of nitriles is 1. The van der Waals surface area contributed by atoms with Crippen LogP contribution in [0.5, 0.6) is 0 Å². The monoisotopic (exact) mass is 726 g/mol. The van der Waals surface area contributed by atoms with Crippen LogP contribution >= 0.6 is 0 Å². The molecule has 5 rings (SSSR count). The lowest BCUT2D eigenvalue weighted by molar-refractivity contribution is -0.0851. The highest BCUT2D eigenvalue weighted by atomic mass is 28.4. The topological polar surface area (TPSA) is 141 Å². The molecule has 1 N–H and O–H groups in total. The van der Waals surface area contributed by atoms with Gasteiger partial charge in [-0.3, -0.25) is 14.2 Å². The van der Waals surface area contributed by atoms with E-state index in [0.29, 0.717) is 28.7 Å². The molecule has 13 heteroatoms. The zero-order valence-electron chi connectivity index (χ0n) is 31.4. The molecule has 1 fully saturated rings. The number of Topliss-reactive ketones (excluding diaryl/α,β-unsaturated/α-hetero) is 1. The van der Waals surface area contributed by atoms with Crippen molar-refractivity contribution >= 4 is 45.3 Å². The van der Waals surface area contributed by atoms with Gasteiger partial charge in [0, 0.05) is 17.5 Å². The smallest absolute Gasteiger partial charge is 0.256 e. The first-order valence-corrected chi connectivity index (χ1v) is 23.2. The van der Waals surface area contributed by atoms with Crippen LogP contribution < -0.4 is 5.32 Å². The molecular formula is C38H50N6O5Si2. The quantitative estimate of drug-likeness (QED) is 0.120. The highest BCUT2D eigenvalue weighted by Gasteiger charge is 2.56. The molecule has 11 nitrogen and oxygen atoms in total. The molecule has 2 aromatic carbocycles. The number of imidazole rings is 1. The predicted molar refractivity (Wildman–Crippen MR) is 202 cm³/mol. The molecule has 51 heavy (non-hydrogen) atoms. The van der Waals surface area contributed by atoms with Gasteiger partial charge < -0.3 is 18.9 Å². The van der Waals surface area contributed by atoms with Gasteiger partial charge in [-0.15, -0.1) is 0 Å². The Bertz CT molecular complexity index is 1930. The van der Waals surface area contributed by atoms with Crippen LogP contribution in [0.4, 0.5) is 5.82 Å². The highest BCUT2D eigenvalue weighted by Crippen LogP contribution is 2.46. The van der Waals surface area contributed by atoms with Crippen LogP contribution in [0, 0.1) is 11.3 Å². The molecule has 0 spiro atoms. The molecule has 1 amide bonds. The number of amides is 1. The Hall–Kier alpha value is -4.07. The standard InChI is InChI=1S/C38H50N6O5Si2/c1-36(2,3)50(7,8)47-24-38(23-39)29(49-51(9,10)37(4,5)6)22-31(48-38)44-25-40-32-33(43-35(46)27-19-15-12-16-20-27)41-30(42-34(32)44)21-28(45)26-17-13-11-14-18-26/h11-20,25,29,31H,21-22,24H2,1-10H3,(H,41,42,43,46)/t29-,31+,38+/m1/s1. The maximum Gasteiger partial charge on any atom is 0.256 e. The summed E-state index contributed by atoms with van der Waals surface area (Å²) in [6.07, 6.45) is 0.493. The number of anilines is 1. The van der Waals surface area contributed by atoms with Gasteiger partial charge >= 0.3 is 0 Å². The van der Waals surface area contributed by atoms with Crippen molar-refractivity contribution in [3.8, 4) is 6.07 Å². The second kappa shape index (κ2) is 14.2. The lowest BCUT2D eigenvalue weighted by Crippen LogP contribution is -2.54. The van der Waals surface area contributed by atoms with Crippen molar-refractivity contribution in [2.24, 2.45) is 0 Å². The number of nitrogens with zero attached hydrogens (tertiary/aromatic N) is 5. The van der Waals surface area contributed by atoms with E-state index in [9.17, 15) is 14.9 Å². The van der Waals surface area contributed by atoms with Gasteiger partial charge in [-0.2, -0.15) is 5.26 Å². The van der Waals surface area contributed by atoms with Crippen LogP contribution in [0.3, 0.4) is 0 Å². The van der Waals surface area contributed by atoms with Gasteiger partial charge in [0.15, 0.2) is 39.4 Å². The molecule has 0 unspecified atom stereocenters. The van der Waals surface area contributed by atoms with E-state index in [4.69, 9.17) is 18.6 Å². The Morgan fingerprint density at radius 1 is 0.941 bits per heavy atom. The third-order valence-corrected chi connectivity index (χ3v) is 19.6. The van der Waals surface area contributed by atoms with Gasteiger partial charge in [0.2, 0.25) is 5.60 Å². The minimum atomic E-state index is -2.38. The highest BCUT2D eigenvalue weighted by molar-refractivity contribution is 6.74. The van der Waals surface area contributed by atoms with Crippen LogP contribution in [0.1, 0.15) is 80.7 Å². The van der Waals surface area contributed by atoms with Crippen molar-refractivity contribution in [1.82, 2.24) is 19.5 Å². The second-order valence-corrected chi connectivity index (χ2v) is 25.9. The fourth-order valence-electron chi connectivity index (χ4n) is 5.33. The summed E-state index contributed by atoms with van der Waals surface area (Å²) in [5, 5.41) is 13.6. The number of carbonyl (C=O) groups excluding carboxylic acids is 2. The molecule has 3 atom stereocenters. The molecule has 1 aliphatic heterocycles. The third kappa shape index (κ3) is 8.05. The van der Waals surface area contributed by atoms with Crippen molar-refractivity contribution < 1.29 is 23.2 Å². The predicted octanol–water partition coefficient (Wildman–Crippen LogP) is 8.10. The molecule has 270 valence electrons. The first kappa shape index (κ1) is 38.2. The maximum absolute atomic E-state index is 13.3. The van der Waals surface area contributed by atoms with E-state index in [0.717, 1.165) is 0 Å². The molecule has 0 bridgehead atoms. The molecule has 0 saturated carbocycles. The van der Waals surface area contributed by atoms with Crippen molar-refractivity contribution in [1.29, 1.82) is 5.26 Å².